The Morgan fingerprint density at radius 2 is 2.28 bits per heavy atom. The molecule has 1 aromatic heterocycles. The molecular formula is C13H16N2O3. The molecule has 0 radical (unpaired) electrons. The number of carbonyl (C=O) groups is 2. The number of pyridine rings is 1. The number of nitrogens with zero attached hydrogens (tertiary/aromatic N) is 2. The number of carboxylic acid groups (broad SMARTS) is 1. The zero-order valence-corrected chi connectivity index (χ0v) is 10.2. The van der Waals surface area contributed by atoms with Crippen LogP contribution in [0.4, 0.5) is 0 Å². The minimum atomic E-state index is -0.820. The van der Waals surface area contributed by atoms with Crippen LogP contribution < -0.4 is 0 Å². The monoisotopic (exact) mass is 248 g/mol. The maximum atomic E-state index is 12.0. The third kappa shape index (κ3) is 2.67. The molecule has 2 heterocycles. The summed E-state index contributed by atoms with van der Waals surface area (Å²) in [5.74, 6) is -1.28. The standard InChI is InChI=1S/C13H16N2O3/c1-9-7-15(8-11(9)13(17)18)12(16)5-10-3-2-4-14-6-10/h2-4,6,9,11H,5,7-8H2,1H3,(H,17,18). The molecule has 0 aromatic carbocycles. The maximum Gasteiger partial charge on any atom is 0.308 e. The average Bonchev–Trinajstić information content (AvgIpc) is 2.73. The van der Waals surface area contributed by atoms with Crippen molar-refractivity contribution in [1.29, 1.82) is 0 Å². The van der Waals surface area contributed by atoms with Gasteiger partial charge >= 0.3 is 5.97 Å². The van der Waals surface area contributed by atoms with E-state index in [0.29, 0.717) is 13.1 Å². The van der Waals surface area contributed by atoms with Gasteiger partial charge in [-0.15, -0.1) is 0 Å². The fourth-order valence-electron chi connectivity index (χ4n) is 2.28. The molecule has 1 aliphatic heterocycles. The van der Waals surface area contributed by atoms with Crippen molar-refractivity contribution in [1.82, 2.24) is 9.88 Å². The number of aromatic nitrogens is 1. The van der Waals surface area contributed by atoms with Crippen molar-refractivity contribution in [3.8, 4) is 0 Å². The summed E-state index contributed by atoms with van der Waals surface area (Å²) in [6, 6.07) is 3.63. The third-order valence-corrected chi connectivity index (χ3v) is 3.36. The molecule has 2 unspecified atom stereocenters. The van der Waals surface area contributed by atoms with Crippen molar-refractivity contribution in [2.45, 2.75) is 13.3 Å². The SMILES string of the molecule is CC1CN(C(=O)Cc2cccnc2)CC1C(=O)O. The Bertz CT molecular complexity index is 447. The second kappa shape index (κ2) is 5.16. The van der Waals surface area contributed by atoms with Gasteiger partial charge in [0.1, 0.15) is 0 Å². The second-order valence-electron chi connectivity index (χ2n) is 4.76. The zero-order valence-electron chi connectivity index (χ0n) is 10.2. The van der Waals surface area contributed by atoms with E-state index in [1.54, 1.807) is 23.4 Å². The Kier molecular flexibility index (Phi) is 3.60. The molecule has 1 aromatic rings. The minimum Gasteiger partial charge on any atom is -0.481 e. The van der Waals surface area contributed by atoms with Crippen molar-refractivity contribution >= 4 is 11.9 Å². The van der Waals surface area contributed by atoms with Crippen molar-refractivity contribution in [2.24, 2.45) is 11.8 Å². The number of amides is 1. The van der Waals surface area contributed by atoms with Crippen LogP contribution in [0.1, 0.15) is 12.5 Å². The third-order valence-electron chi connectivity index (χ3n) is 3.36. The Hall–Kier alpha value is -1.91. The molecular weight excluding hydrogens is 232 g/mol. The molecule has 2 atom stereocenters. The first kappa shape index (κ1) is 12.5. The fourth-order valence-corrected chi connectivity index (χ4v) is 2.28. The first-order valence-electron chi connectivity index (χ1n) is 5.97. The van der Waals surface area contributed by atoms with Crippen LogP contribution in [-0.2, 0) is 16.0 Å². The summed E-state index contributed by atoms with van der Waals surface area (Å²) in [6.45, 7) is 2.71. The van der Waals surface area contributed by atoms with Crippen LogP contribution in [0.5, 0.6) is 0 Å². The van der Waals surface area contributed by atoms with E-state index in [0.717, 1.165) is 5.56 Å². The van der Waals surface area contributed by atoms with Gasteiger partial charge in [-0.05, 0) is 17.5 Å². The molecule has 1 aliphatic rings. The van der Waals surface area contributed by atoms with Crippen molar-refractivity contribution in [2.75, 3.05) is 13.1 Å². The van der Waals surface area contributed by atoms with Gasteiger partial charge in [0.05, 0.1) is 12.3 Å². The quantitative estimate of drug-likeness (QED) is 0.859. The van der Waals surface area contributed by atoms with Gasteiger partial charge in [-0.1, -0.05) is 13.0 Å². The van der Waals surface area contributed by atoms with Gasteiger partial charge in [0, 0.05) is 25.5 Å². The summed E-state index contributed by atoms with van der Waals surface area (Å²) >= 11 is 0. The topological polar surface area (TPSA) is 70.5 Å². The van der Waals surface area contributed by atoms with Crippen LogP contribution in [0.3, 0.4) is 0 Å². The highest BCUT2D eigenvalue weighted by molar-refractivity contribution is 5.80. The minimum absolute atomic E-state index is 0.0142. The lowest BCUT2D eigenvalue weighted by molar-refractivity contribution is -0.142. The second-order valence-corrected chi connectivity index (χ2v) is 4.76. The Labute approximate surface area is 105 Å². The summed E-state index contributed by atoms with van der Waals surface area (Å²) in [5, 5.41) is 9.02. The van der Waals surface area contributed by atoms with E-state index in [-0.39, 0.29) is 18.2 Å². The van der Waals surface area contributed by atoms with Crippen LogP contribution >= 0.6 is 0 Å². The number of carbonyl (C=O) groups excluding carboxylic acids is 1. The van der Waals surface area contributed by atoms with Gasteiger partial charge < -0.3 is 10.0 Å². The first-order valence-corrected chi connectivity index (χ1v) is 5.97. The Morgan fingerprint density at radius 3 is 2.83 bits per heavy atom. The van der Waals surface area contributed by atoms with Crippen LogP contribution in [0.25, 0.3) is 0 Å². The van der Waals surface area contributed by atoms with E-state index >= 15 is 0 Å². The van der Waals surface area contributed by atoms with E-state index < -0.39 is 11.9 Å². The molecule has 0 saturated carbocycles. The molecule has 1 fully saturated rings. The molecule has 1 amide bonds. The Morgan fingerprint density at radius 1 is 1.50 bits per heavy atom. The van der Waals surface area contributed by atoms with Crippen LogP contribution in [0, 0.1) is 11.8 Å². The fraction of sp³-hybridized carbons (Fsp3) is 0.462. The van der Waals surface area contributed by atoms with E-state index in [1.165, 1.54) is 0 Å². The average molecular weight is 248 g/mol. The summed E-state index contributed by atoms with van der Waals surface area (Å²) < 4.78 is 0. The lowest BCUT2D eigenvalue weighted by Gasteiger charge is -2.15. The van der Waals surface area contributed by atoms with Gasteiger partial charge in [0.15, 0.2) is 0 Å². The van der Waals surface area contributed by atoms with Gasteiger partial charge in [0.25, 0.3) is 0 Å². The molecule has 5 nitrogen and oxygen atoms in total. The molecule has 0 bridgehead atoms. The van der Waals surface area contributed by atoms with Gasteiger partial charge in [-0.2, -0.15) is 0 Å². The highest BCUT2D eigenvalue weighted by Gasteiger charge is 2.36. The number of carboxylic acids is 1. The molecule has 1 saturated heterocycles. The number of hydrogen-bond donors (Lipinski definition) is 1. The lowest BCUT2D eigenvalue weighted by Crippen LogP contribution is -2.31. The number of hydrogen-bond acceptors (Lipinski definition) is 3. The van der Waals surface area contributed by atoms with Gasteiger partial charge in [0.2, 0.25) is 5.91 Å². The van der Waals surface area contributed by atoms with E-state index in [9.17, 15) is 9.59 Å². The summed E-state index contributed by atoms with van der Waals surface area (Å²) in [6.07, 6.45) is 3.60. The highest BCUT2D eigenvalue weighted by Crippen LogP contribution is 2.23. The van der Waals surface area contributed by atoms with E-state index in [1.807, 2.05) is 13.0 Å². The molecule has 0 aliphatic carbocycles. The summed E-state index contributed by atoms with van der Waals surface area (Å²) in [4.78, 5) is 28.6. The predicted molar refractivity (Wildman–Crippen MR) is 64.8 cm³/mol. The van der Waals surface area contributed by atoms with Crippen molar-refractivity contribution in [3.63, 3.8) is 0 Å². The van der Waals surface area contributed by atoms with E-state index in [2.05, 4.69) is 4.98 Å². The number of likely N-dealkylation sites (tertiary alicyclic amines) is 1. The van der Waals surface area contributed by atoms with Crippen LogP contribution in [0.2, 0.25) is 0 Å². The maximum absolute atomic E-state index is 12.0. The molecule has 96 valence electrons. The number of rotatable bonds is 3. The zero-order chi connectivity index (χ0) is 13.1. The number of aliphatic carboxylic acids is 1. The van der Waals surface area contributed by atoms with Crippen LogP contribution in [0.15, 0.2) is 24.5 Å². The molecule has 5 heteroatoms. The first-order chi connectivity index (χ1) is 8.58. The summed E-state index contributed by atoms with van der Waals surface area (Å²) in [5.41, 5.74) is 0.855. The van der Waals surface area contributed by atoms with Gasteiger partial charge in [-0.3, -0.25) is 14.6 Å². The highest BCUT2D eigenvalue weighted by atomic mass is 16.4. The Balaban J connectivity index is 1.97. The molecule has 1 N–H and O–H groups in total. The molecule has 0 spiro atoms. The van der Waals surface area contributed by atoms with Crippen molar-refractivity contribution in [3.05, 3.63) is 30.1 Å². The predicted octanol–water partition coefficient (Wildman–Crippen LogP) is 0.803. The smallest absolute Gasteiger partial charge is 0.308 e. The molecule has 2 rings (SSSR count). The molecule has 18 heavy (non-hydrogen) atoms. The summed E-state index contributed by atoms with van der Waals surface area (Å²) in [7, 11) is 0. The van der Waals surface area contributed by atoms with Crippen molar-refractivity contribution < 1.29 is 14.7 Å². The largest absolute Gasteiger partial charge is 0.481 e. The van der Waals surface area contributed by atoms with E-state index in [4.69, 9.17) is 5.11 Å². The normalized spacial score (nSPS) is 23.1. The van der Waals surface area contributed by atoms with Crippen LogP contribution in [-0.4, -0.2) is 40.0 Å². The van der Waals surface area contributed by atoms with Gasteiger partial charge in [-0.25, -0.2) is 0 Å². The lowest BCUT2D eigenvalue weighted by atomic mass is 9.99.